The van der Waals surface area contributed by atoms with E-state index in [2.05, 4.69) is 32.4 Å². The number of ketones is 1. The van der Waals surface area contributed by atoms with E-state index in [0.29, 0.717) is 44.9 Å². The highest BCUT2D eigenvalue weighted by molar-refractivity contribution is 5.95. The number of carboxylic acid groups (broad SMARTS) is 2. The number of esters is 2. The zero-order valence-electron chi connectivity index (χ0n) is 37.5. The van der Waals surface area contributed by atoms with Crippen LogP contribution in [0.1, 0.15) is 107 Å². The largest absolute Gasteiger partial charge is 0.481 e. The average Bonchev–Trinajstić information content (AvgIpc) is 3.19. The number of aliphatic carboxylic acids is 2. The van der Waals surface area contributed by atoms with E-state index in [4.69, 9.17) is 23.7 Å². The van der Waals surface area contributed by atoms with Crippen LogP contribution in [0, 0.1) is 50.2 Å². The molecule has 6 fully saturated rings. The van der Waals surface area contributed by atoms with Gasteiger partial charge in [-0.1, -0.05) is 47.1 Å². The maximum absolute atomic E-state index is 15.0. The fourth-order valence-corrected chi connectivity index (χ4v) is 13.9. The lowest BCUT2D eigenvalue weighted by Crippen LogP contribution is -2.68. The highest BCUT2D eigenvalue weighted by atomic mass is 16.8. The summed E-state index contributed by atoms with van der Waals surface area (Å²) in [6.07, 6.45) is -14.6. The molecular formula is C45H66O18. The van der Waals surface area contributed by atoms with Gasteiger partial charge < -0.3 is 64.2 Å². The van der Waals surface area contributed by atoms with E-state index in [1.807, 2.05) is 13.8 Å². The number of hydrogen-bond acceptors (Lipinski definition) is 16. The lowest BCUT2D eigenvalue weighted by molar-refractivity contribution is -0.371. The fraction of sp³-hybridized carbons (Fsp3) is 0.844. The van der Waals surface area contributed by atoms with Crippen LogP contribution in [-0.4, -0.2) is 146 Å². The lowest BCUT2D eigenvalue weighted by atomic mass is 9.33. The topological polar surface area (TPSA) is 282 Å². The Morgan fingerprint density at radius 3 is 1.95 bits per heavy atom. The number of aliphatic hydroxyl groups is 5. The molecule has 0 aromatic heterocycles. The zero-order chi connectivity index (χ0) is 46.7. The number of aliphatic hydroxyl groups excluding tert-OH is 5. The first-order chi connectivity index (χ1) is 29.1. The monoisotopic (exact) mass is 894 g/mol. The van der Waals surface area contributed by atoms with Gasteiger partial charge in [0.15, 0.2) is 30.6 Å². The summed E-state index contributed by atoms with van der Waals surface area (Å²) in [5.74, 6) is -5.08. The quantitative estimate of drug-likeness (QED) is 0.135. The molecule has 7 aliphatic rings. The zero-order valence-corrected chi connectivity index (χ0v) is 37.5. The predicted octanol–water partition coefficient (Wildman–Crippen LogP) is 1.88. The number of carboxylic acids is 2. The first kappa shape index (κ1) is 47.9. The molecule has 7 N–H and O–H groups in total. The Kier molecular flexibility index (Phi) is 12.2. The minimum atomic E-state index is -2.05. The Labute approximate surface area is 366 Å². The Morgan fingerprint density at radius 2 is 1.35 bits per heavy atom. The number of fused-ring (bicyclic) bond motifs is 7. The molecule has 2 heterocycles. The summed E-state index contributed by atoms with van der Waals surface area (Å²) in [7, 11) is 1.02. The molecule has 0 spiro atoms. The number of rotatable bonds is 8. The molecule has 20 atom stereocenters. The van der Waals surface area contributed by atoms with E-state index in [1.165, 1.54) is 6.92 Å². The van der Waals surface area contributed by atoms with Gasteiger partial charge in [-0.2, -0.15) is 0 Å². The second-order valence-corrected chi connectivity index (χ2v) is 21.5. The van der Waals surface area contributed by atoms with E-state index in [-0.39, 0.29) is 24.0 Å². The van der Waals surface area contributed by atoms with E-state index in [0.717, 1.165) is 12.7 Å². The van der Waals surface area contributed by atoms with Gasteiger partial charge in [-0.15, -0.1) is 0 Å². The third-order valence-electron chi connectivity index (χ3n) is 17.8. The van der Waals surface area contributed by atoms with E-state index >= 15 is 4.79 Å². The molecule has 2 saturated heterocycles. The maximum atomic E-state index is 15.0. The number of allylic oxidation sites excluding steroid dienone is 2. The summed E-state index contributed by atoms with van der Waals surface area (Å²) in [5.41, 5.74) is -3.18. The summed E-state index contributed by atoms with van der Waals surface area (Å²) in [5, 5.41) is 74.5. The standard InChI is InChI=1S/C45H66O18/c1-19(46)59-25-18-41(4,39(56)57)17-21-20-16-22(47)34-43(6)12-11-24(40(2,3)23(43)10-13-45(34,8)44(20,7)15-14-42(21,25)5)60-38-33(29(51)28(50)31(61-38)35(53)54)63-37-30(52)26(48)27(49)32(62-37)36(55)58-9/h16,21,23-34,37-38,48-52H,10-15,17-18H2,1-9H3,(H,53,54)(H,56,57). The van der Waals surface area contributed by atoms with Gasteiger partial charge in [0.2, 0.25) is 0 Å². The summed E-state index contributed by atoms with van der Waals surface area (Å²) >= 11 is 0. The Hall–Kier alpha value is -3.07. The van der Waals surface area contributed by atoms with Gasteiger partial charge in [-0.3, -0.25) is 14.4 Å². The number of carbonyl (C=O) groups is 5. The number of ether oxygens (including phenoxy) is 6. The molecule has 0 bridgehead atoms. The molecule has 7 rings (SSSR count). The third-order valence-corrected chi connectivity index (χ3v) is 17.8. The van der Waals surface area contributed by atoms with Crippen molar-refractivity contribution >= 4 is 29.7 Å². The van der Waals surface area contributed by atoms with Crippen LogP contribution in [0.3, 0.4) is 0 Å². The Bertz CT molecular complexity index is 1900. The van der Waals surface area contributed by atoms with Crippen LogP contribution in [0.15, 0.2) is 11.6 Å². The van der Waals surface area contributed by atoms with E-state index in [9.17, 15) is 54.9 Å². The predicted molar refractivity (Wildman–Crippen MR) is 215 cm³/mol. The van der Waals surface area contributed by atoms with Crippen molar-refractivity contribution in [1.82, 2.24) is 0 Å². The van der Waals surface area contributed by atoms with Crippen LogP contribution in [0.25, 0.3) is 0 Å². The third kappa shape index (κ3) is 7.19. The molecule has 18 nitrogen and oxygen atoms in total. The molecule has 0 radical (unpaired) electrons. The van der Waals surface area contributed by atoms with Crippen LogP contribution in [0.5, 0.6) is 0 Å². The summed E-state index contributed by atoms with van der Waals surface area (Å²) in [4.78, 5) is 64.9. The molecule has 4 saturated carbocycles. The van der Waals surface area contributed by atoms with E-state index in [1.54, 1.807) is 13.0 Å². The average molecular weight is 895 g/mol. The van der Waals surface area contributed by atoms with Crippen LogP contribution in [-0.2, 0) is 52.4 Å². The molecule has 18 heteroatoms. The second-order valence-electron chi connectivity index (χ2n) is 21.5. The van der Waals surface area contributed by atoms with Crippen molar-refractivity contribution in [2.75, 3.05) is 7.11 Å². The molecule has 2 aliphatic heterocycles. The van der Waals surface area contributed by atoms with Gasteiger partial charge in [0.25, 0.3) is 0 Å². The van der Waals surface area contributed by atoms with Gasteiger partial charge in [0, 0.05) is 24.7 Å². The smallest absolute Gasteiger partial charge is 0.337 e. The number of hydrogen-bond donors (Lipinski definition) is 7. The molecule has 354 valence electrons. The van der Waals surface area contributed by atoms with Crippen LogP contribution < -0.4 is 0 Å². The normalized spacial score (nSPS) is 50.3. The van der Waals surface area contributed by atoms with Crippen molar-refractivity contribution in [3.05, 3.63) is 11.6 Å². The molecular weight excluding hydrogens is 828 g/mol. The van der Waals surface area contributed by atoms with Gasteiger partial charge in [0.05, 0.1) is 18.6 Å². The summed E-state index contributed by atoms with van der Waals surface area (Å²) < 4.78 is 34.4. The first-order valence-corrected chi connectivity index (χ1v) is 22.1. The van der Waals surface area contributed by atoms with Gasteiger partial charge in [0.1, 0.15) is 42.7 Å². The van der Waals surface area contributed by atoms with E-state index < -0.39 is 136 Å². The van der Waals surface area contributed by atoms with Gasteiger partial charge in [-0.05, 0) is 91.4 Å². The maximum Gasteiger partial charge on any atom is 0.337 e. The lowest BCUT2D eigenvalue weighted by Gasteiger charge is -2.71. The van der Waals surface area contributed by atoms with Crippen molar-refractivity contribution in [2.24, 2.45) is 50.2 Å². The second kappa shape index (κ2) is 16.1. The van der Waals surface area contributed by atoms with Crippen molar-refractivity contribution in [2.45, 2.75) is 180 Å². The van der Waals surface area contributed by atoms with Gasteiger partial charge >= 0.3 is 23.9 Å². The minimum absolute atomic E-state index is 0.0303. The van der Waals surface area contributed by atoms with Crippen LogP contribution in [0.4, 0.5) is 0 Å². The highest BCUT2D eigenvalue weighted by Gasteiger charge is 2.72. The Balaban J connectivity index is 1.19. The molecule has 20 unspecified atom stereocenters. The molecule has 0 aromatic rings. The SMILES string of the molecule is COC(=O)C1OC(OC2C(OC3CCC4(C)C(CCC5(C)C4C(=O)C=C4C6CC(C)(C(=O)O)CC(OC(C)=O)C6(C)CCC45C)C3(C)C)OC(C(=O)O)C(O)C2O)C(O)C(O)C1O. The molecule has 0 aromatic carbocycles. The molecule has 5 aliphatic carbocycles. The summed E-state index contributed by atoms with van der Waals surface area (Å²) in [6, 6.07) is 0. The van der Waals surface area contributed by atoms with Gasteiger partial charge in [-0.25, -0.2) is 9.59 Å². The number of methoxy groups -OCH3 is 1. The van der Waals surface area contributed by atoms with Crippen molar-refractivity contribution in [1.29, 1.82) is 0 Å². The minimum Gasteiger partial charge on any atom is -0.481 e. The Morgan fingerprint density at radius 1 is 0.714 bits per heavy atom. The first-order valence-electron chi connectivity index (χ1n) is 22.1. The highest BCUT2D eigenvalue weighted by Crippen LogP contribution is 2.75. The van der Waals surface area contributed by atoms with Crippen molar-refractivity contribution in [3.63, 3.8) is 0 Å². The van der Waals surface area contributed by atoms with Crippen molar-refractivity contribution < 1.29 is 88.1 Å². The fourth-order valence-electron chi connectivity index (χ4n) is 13.9. The molecule has 0 amide bonds. The van der Waals surface area contributed by atoms with Crippen LogP contribution in [0.2, 0.25) is 0 Å². The van der Waals surface area contributed by atoms with Crippen molar-refractivity contribution in [3.8, 4) is 0 Å². The summed E-state index contributed by atoms with van der Waals surface area (Å²) in [6.45, 7) is 15.7. The van der Waals surface area contributed by atoms with Crippen LogP contribution >= 0.6 is 0 Å². The number of carbonyl (C=O) groups excluding carboxylic acids is 3. The molecule has 63 heavy (non-hydrogen) atoms.